The van der Waals surface area contributed by atoms with E-state index in [1.165, 1.54) is 0 Å². The van der Waals surface area contributed by atoms with Gasteiger partial charge in [0.15, 0.2) is 0 Å². The summed E-state index contributed by atoms with van der Waals surface area (Å²) in [6.45, 7) is 2.01. The van der Waals surface area contributed by atoms with Crippen LogP contribution in [0.15, 0.2) is 22.7 Å². The number of halogens is 1. The molecule has 0 radical (unpaired) electrons. The van der Waals surface area contributed by atoms with Gasteiger partial charge in [-0.05, 0) is 59.8 Å². The number of aryl methyl sites for hydroxylation is 1. The molecule has 3 unspecified atom stereocenters. The van der Waals surface area contributed by atoms with Gasteiger partial charge < -0.3 is 10.1 Å². The van der Waals surface area contributed by atoms with Crippen LogP contribution in [0.25, 0.3) is 0 Å². The molecule has 0 saturated carbocycles. The second-order valence-electron chi connectivity index (χ2n) is 5.17. The second kappa shape index (κ2) is 4.67. The first kappa shape index (κ1) is 12.2. The normalized spacial score (nSPS) is 29.6. The lowest BCUT2D eigenvalue weighted by atomic mass is 9.95. The number of nitrogens with one attached hydrogen (secondary N) is 1. The quantitative estimate of drug-likeness (QED) is 0.912. The monoisotopic (exact) mass is 309 g/mol. The molecule has 2 heterocycles. The molecule has 2 aliphatic heterocycles. The average molecular weight is 310 g/mol. The highest BCUT2D eigenvalue weighted by Crippen LogP contribution is 2.34. The van der Waals surface area contributed by atoms with E-state index in [-0.39, 0.29) is 18.1 Å². The zero-order chi connectivity index (χ0) is 12.7. The molecular weight excluding hydrogens is 294 g/mol. The molecule has 3 rings (SSSR count). The lowest BCUT2D eigenvalue weighted by Crippen LogP contribution is -2.41. The van der Waals surface area contributed by atoms with Crippen molar-refractivity contribution in [2.75, 3.05) is 0 Å². The van der Waals surface area contributed by atoms with Crippen LogP contribution in [-0.2, 0) is 4.74 Å². The summed E-state index contributed by atoms with van der Waals surface area (Å²) in [6, 6.07) is 5.97. The molecule has 2 bridgehead atoms. The van der Waals surface area contributed by atoms with Crippen LogP contribution < -0.4 is 5.32 Å². The molecule has 2 aliphatic rings. The van der Waals surface area contributed by atoms with E-state index in [9.17, 15) is 4.79 Å². The SMILES string of the molecule is Cc1ccc(C(=O)NC2CC3CCC2O3)c(Br)c1. The molecule has 1 aromatic carbocycles. The Bertz CT molecular complexity index is 489. The number of amides is 1. The fourth-order valence-electron chi connectivity index (χ4n) is 2.84. The van der Waals surface area contributed by atoms with Crippen LogP contribution in [0.1, 0.15) is 35.2 Å². The van der Waals surface area contributed by atoms with Crippen molar-refractivity contribution in [2.45, 2.75) is 44.4 Å². The number of fused-ring (bicyclic) bond motifs is 2. The predicted molar refractivity (Wildman–Crippen MR) is 72.6 cm³/mol. The standard InChI is InChI=1S/C14H16BrNO2/c1-8-2-4-10(11(15)6-8)14(17)16-12-7-9-3-5-13(12)18-9/h2,4,6,9,12-13H,3,5,7H2,1H3,(H,16,17). The van der Waals surface area contributed by atoms with Gasteiger partial charge in [0, 0.05) is 4.47 Å². The summed E-state index contributed by atoms with van der Waals surface area (Å²) in [5.74, 6) is -0.0111. The molecule has 0 aromatic heterocycles. The molecule has 2 saturated heterocycles. The summed E-state index contributed by atoms with van der Waals surface area (Å²) in [6.07, 6.45) is 3.76. The van der Waals surface area contributed by atoms with E-state index in [4.69, 9.17) is 4.74 Å². The number of carbonyl (C=O) groups is 1. The van der Waals surface area contributed by atoms with E-state index in [1.54, 1.807) is 0 Å². The van der Waals surface area contributed by atoms with Crippen molar-refractivity contribution < 1.29 is 9.53 Å². The molecule has 1 aromatic rings. The van der Waals surface area contributed by atoms with Crippen molar-refractivity contribution in [2.24, 2.45) is 0 Å². The summed E-state index contributed by atoms with van der Waals surface area (Å²) in [4.78, 5) is 12.2. The molecule has 3 atom stereocenters. The summed E-state index contributed by atoms with van der Waals surface area (Å²) in [5.41, 5.74) is 1.84. The Balaban J connectivity index is 1.71. The van der Waals surface area contributed by atoms with Crippen molar-refractivity contribution >= 4 is 21.8 Å². The molecule has 0 aliphatic carbocycles. The topological polar surface area (TPSA) is 38.3 Å². The highest BCUT2D eigenvalue weighted by atomic mass is 79.9. The second-order valence-corrected chi connectivity index (χ2v) is 6.03. The highest BCUT2D eigenvalue weighted by Gasteiger charge is 2.41. The van der Waals surface area contributed by atoms with Gasteiger partial charge in [0.25, 0.3) is 5.91 Å². The van der Waals surface area contributed by atoms with E-state index in [1.807, 2.05) is 25.1 Å². The minimum absolute atomic E-state index is 0.0111. The minimum Gasteiger partial charge on any atom is -0.373 e. The van der Waals surface area contributed by atoms with Gasteiger partial charge in [0.05, 0.1) is 23.8 Å². The average Bonchev–Trinajstić information content (AvgIpc) is 2.90. The van der Waals surface area contributed by atoms with Gasteiger partial charge in [-0.1, -0.05) is 6.07 Å². The summed E-state index contributed by atoms with van der Waals surface area (Å²) in [5, 5.41) is 3.09. The van der Waals surface area contributed by atoms with E-state index in [0.717, 1.165) is 29.3 Å². The number of rotatable bonds is 2. The predicted octanol–water partition coefficient (Wildman–Crippen LogP) is 2.81. The molecule has 1 amide bonds. The maximum Gasteiger partial charge on any atom is 0.252 e. The number of ether oxygens (including phenoxy) is 1. The lowest BCUT2D eigenvalue weighted by molar-refractivity contribution is 0.0840. The first-order chi connectivity index (χ1) is 8.63. The molecule has 96 valence electrons. The van der Waals surface area contributed by atoms with Gasteiger partial charge in [-0.25, -0.2) is 0 Å². The van der Waals surface area contributed by atoms with Crippen LogP contribution in [0.2, 0.25) is 0 Å². The zero-order valence-electron chi connectivity index (χ0n) is 10.3. The van der Waals surface area contributed by atoms with E-state index < -0.39 is 0 Å². The first-order valence-electron chi connectivity index (χ1n) is 6.36. The van der Waals surface area contributed by atoms with E-state index in [2.05, 4.69) is 21.2 Å². The number of benzene rings is 1. The van der Waals surface area contributed by atoms with Gasteiger partial charge >= 0.3 is 0 Å². The van der Waals surface area contributed by atoms with Gasteiger partial charge in [0.1, 0.15) is 0 Å². The Hall–Kier alpha value is -0.870. The van der Waals surface area contributed by atoms with Crippen molar-refractivity contribution in [3.05, 3.63) is 33.8 Å². The Morgan fingerprint density at radius 1 is 1.44 bits per heavy atom. The first-order valence-corrected chi connectivity index (χ1v) is 7.15. The molecule has 2 fully saturated rings. The van der Waals surface area contributed by atoms with Gasteiger partial charge in [-0.3, -0.25) is 4.79 Å². The Labute approximate surface area is 115 Å². The highest BCUT2D eigenvalue weighted by molar-refractivity contribution is 9.10. The van der Waals surface area contributed by atoms with Gasteiger partial charge in [-0.15, -0.1) is 0 Å². The largest absolute Gasteiger partial charge is 0.373 e. The Morgan fingerprint density at radius 2 is 2.28 bits per heavy atom. The van der Waals surface area contributed by atoms with Crippen molar-refractivity contribution in [3.8, 4) is 0 Å². The number of hydrogen-bond donors (Lipinski definition) is 1. The van der Waals surface area contributed by atoms with Crippen LogP contribution in [0.5, 0.6) is 0 Å². The molecule has 3 nitrogen and oxygen atoms in total. The number of hydrogen-bond acceptors (Lipinski definition) is 2. The minimum atomic E-state index is -0.0111. The van der Waals surface area contributed by atoms with Crippen molar-refractivity contribution in [1.29, 1.82) is 0 Å². The van der Waals surface area contributed by atoms with Crippen molar-refractivity contribution in [3.63, 3.8) is 0 Å². The summed E-state index contributed by atoms with van der Waals surface area (Å²) >= 11 is 3.45. The van der Waals surface area contributed by atoms with E-state index in [0.29, 0.717) is 11.7 Å². The molecule has 4 heteroatoms. The molecule has 18 heavy (non-hydrogen) atoms. The van der Waals surface area contributed by atoms with E-state index >= 15 is 0 Å². The van der Waals surface area contributed by atoms with Crippen LogP contribution >= 0.6 is 15.9 Å². The fraction of sp³-hybridized carbons (Fsp3) is 0.500. The maximum absolute atomic E-state index is 12.2. The third-order valence-electron chi connectivity index (χ3n) is 3.79. The molecule has 0 spiro atoms. The zero-order valence-corrected chi connectivity index (χ0v) is 11.9. The summed E-state index contributed by atoms with van der Waals surface area (Å²) < 4.78 is 6.60. The smallest absolute Gasteiger partial charge is 0.252 e. The van der Waals surface area contributed by atoms with Gasteiger partial charge in [-0.2, -0.15) is 0 Å². The lowest BCUT2D eigenvalue weighted by Gasteiger charge is -2.20. The Kier molecular flexibility index (Phi) is 3.16. The van der Waals surface area contributed by atoms with Crippen LogP contribution in [0.4, 0.5) is 0 Å². The molecule has 1 N–H and O–H groups in total. The van der Waals surface area contributed by atoms with Crippen LogP contribution in [0.3, 0.4) is 0 Å². The maximum atomic E-state index is 12.2. The van der Waals surface area contributed by atoms with Gasteiger partial charge in [0.2, 0.25) is 0 Å². The third-order valence-corrected chi connectivity index (χ3v) is 4.45. The Morgan fingerprint density at radius 3 is 2.89 bits per heavy atom. The van der Waals surface area contributed by atoms with Crippen LogP contribution in [-0.4, -0.2) is 24.2 Å². The molecular formula is C14H16BrNO2. The third kappa shape index (κ3) is 2.19. The number of carbonyl (C=O) groups excluding carboxylic acids is 1. The van der Waals surface area contributed by atoms with Crippen LogP contribution in [0, 0.1) is 6.92 Å². The summed E-state index contributed by atoms with van der Waals surface area (Å²) in [7, 11) is 0. The fourth-order valence-corrected chi connectivity index (χ4v) is 3.51. The van der Waals surface area contributed by atoms with Crippen molar-refractivity contribution in [1.82, 2.24) is 5.32 Å².